The molecule has 4 nitrogen and oxygen atoms in total. The molecule has 112 valence electrons. The molecular weight excluding hydrogens is 254 g/mol. The number of ether oxygens (including phenoxy) is 2. The van der Waals surface area contributed by atoms with Gasteiger partial charge in [0.25, 0.3) is 0 Å². The van der Waals surface area contributed by atoms with Crippen molar-refractivity contribution in [3.05, 3.63) is 23.8 Å². The highest BCUT2D eigenvalue weighted by atomic mass is 16.6. The van der Waals surface area contributed by atoms with Crippen molar-refractivity contribution in [2.45, 2.75) is 52.6 Å². The van der Waals surface area contributed by atoms with E-state index in [1.165, 1.54) is 0 Å². The highest BCUT2D eigenvalue weighted by Crippen LogP contribution is 2.31. The summed E-state index contributed by atoms with van der Waals surface area (Å²) in [6, 6.07) is 5.76. The summed E-state index contributed by atoms with van der Waals surface area (Å²) in [4.78, 5) is 11.8. The van der Waals surface area contributed by atoms with E-state index in [9.17, 15) is 4.79 Å². The summed E-state index contributed by atoms with van der Waals surface area (Å²) in [5.74, 6) is 0.628. The Morgan fingerprint density at radius 3 is 2.15 bits per heavy atom. The summed E-state index contributed by atoms with van der Waals surface area (Å²) in [6.45, 7) is 11.9. The quantitative estimate of drug-likeness (QED) is 0.876. The van der Waals surface area contributed by atoms with Gasteiger partial charge in [-0.2, -0.15) is 0 Å². The molecule has 0 fully saturated rings. The van der Waals surface area contributed by atoms with Gasteiger partial charge in [0, 0.05) is 0 Å². The average molecular weight is 279 g/mol. The highest BCUT2D eigenvalue weighted by Gasteiger charge is 2.19. The van der Waals surface area contributed by atoms with E-state index in [-0.39, 0.29) is 5.41 Å². The van der Waals surface area contributed by atoms with E-state index in [1.807, 2.05) is 39.0 Å². The Kier molecular flexibility index (Phi) is 4.69. The van der Waals surface area contributed by atoms with Gasteiger partial charge in [-0.05, 0) is 43.9 Å². The Morgan fingerprint density at radius 2 is 1.70 bits per heavy atom. The third kappa shape index (κ3) is 4.76. The van der Waals surface area contributed by atoms with E-state index in [4.69, 9.17) is 9.47 Å². The van der Waals surface area contributed by atoms with Crippen molar-refractivity contribution >= 4 is 11.8 Å². The molecule has 4 heteroatoms. The lowest BCUT2D eigenvalue weighted by Crippen LogP contribution is -2.27. The summed E-state index contributed by atoms with van der Waals surface area (Å²) in [7, 11) is 1.59. The van der Waals surface area contributed by atoms with Crippen LogP contribution < -0.4 is 10.1 Å². The van der Waals surface area contributed by atoms with Crippen molar-refractivity contribution in [3.8, 4) is 5.75 Å². The monoisotopic (exact) mass is 279 g/mol. The van der Waals surface area contributed by atoms with Crippen LogP contribution in [0.25, 0.3) is 0 Å². The van der Waals surface area contributed by atoms with Crippen LogP contribution >= 0.6 is 0 Å². The molecule has 0 aliphatic rings. The number of methoxy groups -OCH3 is 1. The molecule has 1 rings (SSSR count). The van der Waals surface area contributed by atoms with Gasteiger partial charge in [0.1, 0.15) is 11.4 Å². The van der Waals surface area contributed by atoms with Crippen molar-refractivity contribution in [2.24, 2.45) is 0 Å². The second-order valence-electron chi connectivity index (χ2n) is 6.79. The smallest absolute Gasteiger partial charge is 0.412 e. The number of hydrogen-bond donors (Lipinski definition) is 1. The average Bonchev–Trinajstić information content (AvgIpc) is 2.25. The van der Waals surface area contributed by atoms with Crippen molar-refractivity contribution in [2.75, 3.05) is 12.4 Å². The SMILES string of the molecule is COc1cc(C(C)(C)C)ccc1NC(=O)OC(C)(C)C. The van der Waals surface area contributed by atoms with Gasteiger partial charge in [0.15, 0.2) is 0 Å². The highest BCUT2D eigenvalue weighted by molar-refractivity contribution is 5.87. The standard InChI is InChI=1S/C16H25NO3/c1-15(2,3)11-8-9-12(13(10-11)19-7)17-14(18)20-16(4,5)6/h8-10H,1-7H3,(H,17,18). The Balaban J connectivity index is 2.94. The maximum absolute atomic E-state index is 11.8. The van der Waals surface area contributed by atoms with Crippen LogP contribution in [0.4, 0.5) is 10.5 Å². The molecule has 1 aromatic carbocycles. The van der Waals surface area contributed by atoms with Crippen LogP contribution in [0.15, 0.2) is 18.2 Å². The predicted molar refractivity (Wildman–Crippen MR) is 81.6 cm³/mol. The molecule has 20 heavy (non-hydrogen) atoms. The first-order valence-electron chi connectivity index (χ1n) is 6.71. The maximum Gasteiger partial charge on any atom is 0.412 e. The number of carbonyl (C=O) groups is 1. The van der Waals surface area contributed by atoms with Crippen LogP contribution in [0.3, 0.4) is 0 Å². The number of anilines is 1. The third-order valence-corrected chi connectivity index (χ3v) is 2.70. The maximum atomic E-state index is 11.8. The van der Waals surface area contributed by atoms with Crippen LogP contribution in [0.5, 0.6) is 5.75 Å². The summed E-state index contributed by atoms with van der Waals surface area (Å²) in [5.41, 5.74) is 1.25. The molecule has 0 aromatic heterocycles. The lowest BCUT2D eigenvalue weighted by molar-refractivity contribution is 0.0635. The van der Waals surface area contributed by atoms with E-state index in [1.54, 1.807) is 7.11 Å². The molecule has 0 bridgehead atoms. The van der Waals surface area contributed by atoms with Gasteiger partial charge >= 0.3 is 6.09 Å². The second kappa shape index (κ2) is 5.73. The van der Waals surface area contributed by atoms with E-state index in [0.717, 1.165) is 5.56 Å². The number of hydrogen-bond acceptors (Lipinski definition) is 3. The fraction of sp³-hybridized carbons (Fsp3) is 0.562. The summed E-state index contributed by atoms with van der Waals surface area (Å²) >= 11 is 0. The van der Waals surface area contributed by atoms with Crippen LogP contribution in [0.1, 0.15) is 47.1 Å². The van der Waals surface area contributed by atoms with Crippen LogP contribution in [-0.4, -0.2) is 18.8 Å². The molecule has 0 radical (unpaired) electrons. The number of rotatable bonds is 2. The molecule has 0 saturated heterocycles. The second-order valence-corrected chi connectivity index (χ2v) is 6.79. The molecule has 0 saturated carbocycles. The zero-order valence-corrected chi connectivity index (χ0v) is 13.5. The molecule has 0 aliphatic heterocycles. The normalized spacial score (nSPS) is 11.9. The van der Waals surface area contributed by atoms with E-state index in [0.29, 0.717) is 11.4 Å². The van der Waals surface area contributed by atoms with E-state index >= 15 is 0 Å². The van der Waals surface area contributed by atoms with Crippen LogP contribution in [0.2, 0.25) is 0 Å². The molecule has 0 heterocycles. The molecule has 1 N–H and O–H groups in total. The van der Waals surface area contributed by atoms with Gasteiger partial charge in [-0.25, -0.2) is 4.79 Å². The first-order valence-corrected chi connectivity index (χ1v) is 6.71. The van der Waals surface area contributed by atoms with Crippen LogP contribution in [-0.2, 0) is 10.2 Å². The number of amides is 1. The summed E-state index contributed by atoms with van der Waals surface area (Å²) in [5, 5.41) is 2.71. The van der Waals surface area contributed by atoms with Crippen molar-refractivity contribution in [1.29, 1.82) is 0 Å². The third-order valence-electron chi connectivity index (χ3n) is 2.70. The van der Waals surface area contributed by atoms with Crippen molar-refractivity contribution in [3.63, 3.8) is 0 Å². The molecule has 0 unspecified atom stereocenters. The Labute approximate surface area is 121 Å². The van der Waals surface area contributed by atoms with Gasteiger partial charge in [-0.15, -0.1) is 0 Å². The molecular formula is C16H25NO3. The first-order chi connectivity index (χ1) is 9.03. The van der Waals surface area contributed by atoms with E-state index < -0.39 is 11.7 Å². The number of benzene rings is 1. The number of carbonyl (C=O) groups excluding carboxylic acids is 1. The van der Waals surface area contributed by atoms with Crippen molar-refractivity contribution < 1.29 is 14.3 Å². The minimum atomic E-state index is -0.525. The Hall–Kier alpha value is -1.71. The van der Waals surface area contributed by atoms with Crippen LogP contribution in [0, 0.1) is 0 Å². The molecule has 1 aromatic rings. The van der Waals surface area contributed by atoms with Gasteiger partial charge in [0.05, 0.1) is 12.8 Å². The lowest BCUT2D eigenvalue weighted by atomic mass is 9.87. The van der Waals surface area contributed by atoms with Gasteiger partial charge in [-0.3, -0.25) is 5.32 Å². The van der Waals surface area contributed by atoms with E-state index in [2.05, 4.69) is 26.1 Å². The predicted octanol–water partition coefficient (Wildman–Crippen LogP) is 4.34. The van der Waals surface area contributed by atoms with Gasteiger partial charge < -0.3 is 9.47 Å². The van der Waals surface area contributed by atoms with Gasteiger partial charge in [-0.1, -0.05) is 26.8 Å². The molecule has 1 amide bonds. The topological polar surface area (TPSA) is 47.6 Å². The lowest BCUT2D eigenvalue weighted by Gasteiger charge is -2.22. The minimum Gasteiger partial charge on any atom is -0.495 e. The Bertz CT molecular complexity index is 481. The zero-order chi connectivity index (χ0) is 15.6. The minimum absolute atomic E-state index is 0.0255. The summed E-state index contributed by atoms with van der Waals surface area (Å²) in [6.07, 6.45) is -0.487. The molecule has 0 aliphatic carbocycles. The first kappa shape index (κ1) is 16.3. The molecule has 0 atom stereocenters. The largest absolute Gasteiger partial charge is 0.495 e. The van der Waals surface area contributed by atoms with Crippen molar-refractivity contribution in [1.82, 2.24) is 0 Å². The summed E-state index contributed by atoms with van der Waals surface area (Å²) < 4.78 is 10.6. The zero-order valence-electron chi connectivity index (χ0n) is 13.5. The fourth-order valence-corrected chi connectivity index (χ4v) is 1.67. The number of nitrogens with one attached hydrogen (secondary N) is 1. The van der Waals surface area contributed by atoms with Gasteiger partial charge in [0.2, 0.25) is 0 Å². The fourth-order valence-electron chi connectivity index (χ4n) is 1.67. The Morgan fingerprint density at radius 1 is 1.10 bits per heavy atom. The molecule has 0 spiro atoms.